The Labute approximate surface area is 311 Å². The fourth-order valence-corrected chi connectivity index (χ4v) is 6.67. The number of rotatable bonds is 12. The third kappa shape index (κ3) is 12.2. The standard InChI is InChI=1S/C20H21NO4S2.C17H16FNO2S2/c1-3-24-18(22)17(19(23)25-4-2)27-20(26)21(15-11-7-5-8-12-15)16-13-9-6-10-14-16;1-2-21-16(20)15(18)23-17(22)19(13-9-5-3-6-10-13)14-11-7-4-8-12-14/h5-14,17H,3-4H2,1-2H3;3-12,15H,2H2,1H3. The summed E-state index contributed by atoms with van der Waals surface area (Å²) in [6.45, 7) is 5.47. The highest BCUT2D eigenvalue weighted by molar-refractivity contribution is 8.24. The molecule has 0 aliphatic rings. The third-order valence-corrected chi connectivity index (χ3v) is 9.05. The third-order valence-electron chi connectivity index (χ3n) is 6.32. The fourth-order valence-electron chi connectivity index (χ4n) is 4.21. The molecule has 13 heteroatoms. The second kappa shape index (κ2) is 21.7. The van der Waals surface area contributed by atoms with Gasteiger partial charge in [0.05, 0.1) is 19.8 Å². The number of hydrogen-bond acceptors (Lipinski definition) is 10. The molecule has 50 heavy (non-hydrogen) atoms. The van der Waals surface area contributed by atoms with Crippen LogP contribution in [-0.2, 0) is 28.6 Å². The number of carbonyl (C=O) groups excluding carboxylic acids is 3. The van der Waals surface area contributed by atoms with Gasteiger partial charge in [0, 0.05) is 22.7 Å². The summed E-state index contributed by atoms with van der Waals surface area (Å²) in [5, 5.41) is -1.17. The molecule has 0 saturated heterocycles. The van der Waals surface area contributed by atoms with E-state index >= 15 is 0 Å². The summed E-state index contributed by atoms with van der Waals surface area (Å²) < 4.78 is 29.3. The minimum atomic E-state index is -1.85. The summed E-state index contributed by atoms with van der Waals surface area (Å²) in [5.74, 6) is -2.24. The molecule has 1 atom stereocenters. The van der Waals surface area contributed by atoms with Crippen LogP contribution in [0.2, 0.25) is 0 Å². The Morgan fingerprint density at radius 1 is 0.540 bits per heavy atom. The normalized spacial score (nSPS) is 10.9. The summed E-state index contributed by atoms with van der Waals surface area (Å²) in [7, 11) is 0. The van der Waals surface area contributed by atoms with Crippen LogP contribution in [0, 0.1) is 0 Å². The number of para-hydroxylation sites is 4. The number of ether oxygens (including phenoxy) is 3. The Morgan fingerprint density at radius 3 is 1.12 bits per heavy atom. The molecular formula is C37H37FN2O6S4. The molecule has 0 heterocycles. The zero-order valence-electron chi connectivity index (χ0n) is 27.7. The van der Waals surface area contributed by atoms with Crippen LogP contribution >= 0.6 is 48.0 Å². The van der Waals surface area contributed by atoms with Crippen molar-refractivity contribution in [2.45, 2.75) is 31.5 Å². The van der Waals surface area contributed by atoms with Gasteiger partial charge in [0.15, 0.2) is 0 Å². The molecule has 0 saturated carbocycles. The van der Waals surface area contributed by atoms with Crippen molar-refractivity contribution in [2.24, 2.45) is 0 Å². The number of carbonyl (C=O) groups is 3. The zero-order chi connectivity index (χ0) is 36.3. The highest BCUT2D eigenvalue weighted by Crippen LogP contribution is 2.32. The maximum absolute atomic E-state index is 14.0. The summed E-state index contributed by atoms with van der Waals surface area (Å²) in [6, 6.07) is 37.8. The molecule has 0 aliphatic carbocycles. The largest absolute Gasteiger partial charge is 0.465 e. The lowest BCUT2D eigenvalue weighted by molar-refractivity contribution is -0.153. The van der Waals surface area contributed by atoms with Gasteiger partial charge in [0.1, 0.15) is 8.64 Å². The Hall–Kier alpha value is -4.30. The van der Waals surface area contributed by atoms with Gasteiger partial charge >= 0.3 is 17.9 Å². The monoisotopic (exact) mass is 752 g/mol. The van der Waals surface area contributed by atoms with Crippen molar-refractivity contribution in [3.63, 3.8) is 0 Å². The quantitative estimate of drug-likeness (QED) is 0.0599. The minimum Gasteiger partial charge on any atom is -0.465 e. The van der Waals surface area contributed by atoms with Gasteiger partial charge in [-0.05, 0) is 81.1 Å². The number of nitrogens with zero attached hydrogens (tertiary/aromatic N) is 2. The fraction of sp³-hybridized carbons (Fsp3) is 0.216. The number of hydrogen-bond donors (Lipinski definition) is 0. The van der Waals surface area contributed by atoms with Crippen molar-refractivity contribution in [3.05, 3.63) is 121 Å². The molecule has 0 radical (unpaired) electrons. The van der Waals surface area contributed by atoms with E-state index < -0.39 is 28.7 Å². The number of benzene rings is 4. The van der Waals surface area contributed by atoms with Crippen LogP contribution in [0.25, 0.3) is 0 Å². The Balaban J connectivity index is 0.000000274. The molecule has 0 aromatic heterocycles. The first-order valence-electron chi connectivity index (χ1n) is 15.6. The van der Waals surface area contributed by atoms with Gasteiger partial charge in [-0.1, -0.05) is 109 Å². The highest BCUT2D eigenvalue weighted by Gasteiger charge is 2.33. The van der Waals surface area contributed by atoms with E-state index in [1.807, 2.05) is 126 Å². The van der Waals surface area contributed by atoms with E-state index in [1.165, 1.54) is 0 Å². The van der Waals surface area contributed by atoms with Crippen molar-refractivity contribution in [2.75, 3.05) is 29.6 Å². The summed E-state index contributed by atoms with van der Waals surface area (Å²) >= 11 is 12.6. The minimum absolute atomic E-state index is 0.133. The topological polar surface area (TPSA) is 85.4 Å². The molecule has 8 nitrogen and oxygen atoms in total. The SMILES string of the molecule is CCOC(=O)C(F)SC(=S)N(c1ccccc1)c1ccccc1.CCOC(=O)C(SC(=S)N(c1ccccc1)c1ccccc1)C(=O)OCC. The lowest BCUT2D eigenvalue weighted by Crippen LogP contribution is -2.34. The number of anilines is 4. The van der Waals surface area contributed by atoms with Gasteiger partial charge in [-0.15, -0.1) is 0 Å². The smallest absolute Gasteiger partial charge is 0.351 e. The lowest BCUT2D eigenvalue weighted by atomic mass is 10.2. The van der Waals surface area contributed by atoms with Gasteiger partial charge in [-0.25, -0.2) is 9.18 Å². The summed E-state index contributed by atoms with van der Waals surface area (Å²) in [4.78, 5) is 39.6. The maximum Gasteiger partial charge on any atom is 0.351 e. The van der Waals surface area contributed by atoms with Crippen molar-refractivity contribution in [1.82, 2.24) is 0 Å². The number of esters is 3. The second-order valence-corrected chi connectivity index (χ2v) is 13.2. The molecule has 262 valence electrons. The van der Waals surface area contributed by atoms with Crippen LogP contribution in [-0.4, -0.2) is 57.1 Å². The predicted octanol–water partition coefficient (Wildman–Crippen LogP) is 9.04. The molecule has 0 aliphatic heterocycles. The van der Waals surface area contributed by atoms with Crippen molar-refractivity contribution >= 4 is 97.3 Å². The van der Waals surface area contributed by atoms with Crippen molar-refractivity contribution in [1.29, 1.82) is 0 Å². The first-order valence-corrected chi connectivity index (χ1v) is 18.1. The van der Waals surface area contributed by atoms with E-state index in [-0.39, 0.29) is 24.1 Å². The van der Waals surface area contributed by atoms with Crippen molar-refractivity contribution in [3.8, 4) is 0 Å². The average Bonchev–Trinajstić information content (AvgIpc) is 3.13. The van der Waals surface area contributed by atoms with E-state index in [1.54, 1.807) is 25.7 Å². The Morgan fingerprint density at radius 2 is 0.820 bits per heavy atom. The van der Waals surface area contributed by atoms with Gasteiger partial charge in [-0.3, -0.25) is 19.4 Å². The molecule has 0 N–H and O–H groups in total. The van der Waals surface area contributed by atoms with Gasteiger partial charge in [0.25, 0.3) is 0 Å². The first-order chi connectivity index (χ1) is 24.2. The molecule has 4 rings (SSSR count). The van der Waals surface area contributed by atoms with Crippen LogP contribution in [0.3, 0.4) is 0 Å². The highest BCUT2D eigenvalue weighted by atomic mass is 32.2. The molecule has 0 spiro atoms. The molecule has 4 aromatic rings. The number of alkyl halides is 1. The Bertz CT molecular complexity index is 1570. The number of halogens is 1. The van der Waals surface area contributed by atoms with E-state index in [9.17, 15) is 18.8 Å². The van der Waals surface area contributed by atoms with Crippen LogP contribution in [0.15, 0.2) is 121 Å². The molecular weight excluding hydrogens is 716 g/mol. The maximum atomic E-state index is 14.0. The summed E-state index contributed by atoms with van der Waals surface area (Å²) in [5.41, 5.74) is 1.40. The predicted molar refractivity (Wildman–Crippen MR) is 209 cm³/mol. The second-order valence-electron chi connectivity index (χ2n) is 9.73. The van der Waals surface area contributed by atoms with E-state index in [2.05, 4.69) is 4.74 Å². The van der Waals surface area contributed by atoms with Gasteiger partial charge in [0.2, 0.25) is 10.8 Å². The van der Waals surface area contributed by atoms with Gasteiger partial charge < -0.3 is 14.2 Å². The van der Waals surface area contributed by atoms with Crippen LogP contribution in [0.4, 0.5) is 27.1 Å². The van der Waals surface area contributed by atoms with Crippen molar-refractivity contribution < 1.29 is 33.0 Å². The van der Waals surface area contributed by atoms with Crippen LogP contribution in [0.1, 0.15) is 20.8 Å². The first kappa shape index (κ1) is 40.1. The zero-order valence-corrected chi connectivity index (χ0v) is 30.9. The molecule has 4 aromatic carbocycles. The van der Waals surface area contributed by atoms with Crippen LogP contribution < -0.4 is 9.80 Å². The average molecular weight is 753 g/mol. The van der Waals surface area contributed by atoms with Crippen LogP contribution in [0.5, 0.6) is 0 Å². The molecule has 0 amide bonds. The van der Waals surface area contributed by atoms with E-state index in [0.717, 1.165) is 34.5 Å². The number of thiocarbonyl (C=S) groups is 2. The van der Waals surface area contributed by atoms with E-state index in [0.29, 0.717) is 16.1 Å². The summed E-state index contributed by atoms with van der Waals surface area (Å²) in [6.07, 6.45) is 0. The lowest BCUT2D eigenvalue weighted by Gasteiger charge is -2.26. The number of thioether (sulfide) groups is 2. The van der Waals surface area contributed by atoms with Gasteiger partial charge in [-0.2, -0.15) is 0 Å². The molecule has 0 fully saturated rings. The molecule has 1 unspecified atom stereocenters. The molecule has 0 bridgehead atoms. The Kier molecular flexibility index (Phi) is 17.4. The van der Waals surface area contributed by atoms with E-state index in [4.69, 9.17) is 33.9 Å².